The molecule has 1 N–H and O–H groups in total. The number of methoxy groups -OCH3 is 1. The second-order valence-electron chi connectivity index (χ2n) is 6.33. The summed E-state index contributed by atoms with van der Waals surface area (Å²) in [7, 11) is 3.55. The van der Waals surface area contributed by atoms with Crippen molar-refractivity contribution in [1.29, 1.82) is 0 Å². The predicted molar refractivity (Wildman–Crippen MR) is 101 cm³/mol. The summed E-state index contributed by atoms with van der Waals surface area (Å²) < 4.78 is 7.08. The zero-order valence-corrected chi connectivity index (χ0v) is 16.3. The second kappa shape index (κ2) is 8.89. The maximum atomic E-state index is 12.2. The van der Waals surface area contributed by atoms with Crippen LogP contribution < -0.4 is 10.1 Å². The highest BCUT2D eigenvalue weighted by atomic mass is 32.2. The lowest BCUT2D eigenvalue weighted by Crippen LogP contribution is -2.32. The molecule has 0 saturated carbocycles. The van der Waals surface area contributed by atoms with Crippen molar-refractivity contribution in [1.82, 2.24) is 20.1 Å². The number of hydrogen-bond acceptors (Lipinski definition) is 5. The lowest BCUT2D eigenvalue weighted by molar-refractivity contribution is -0.120. The molecule has 136 valence electrons. The number of thioether (sulfide) groups is 1. The Labute approximate surface area is 153 Å². The minimum absolute atomic E-state index is 0.0275. The van der Waals surface area contributed by atoms with E-state index in [2.05, 4.69) is 29.4 Å². The van der Waals surface area contributed by atoms with Crippen molar-refractivity contribution < 1.29 is 9.53 Å². The van der Waals surface area contributed by atoms with Crippen LogP contribution >= 0.6 is 11.8 Å². The number of nitrogens with one attached hydrogen (secondary N) is 1. The van der Waals surface area contributed by atoms with Crippen LogP contribution in [0.1, 0.15) is 27.2 Å². The van der Waals surface area contributed by atoms with E-state index in [-0.39, 0.29) is 11.2 Å². The van der Waals surface area contributed by atoms with Crippen LogP contribution in [0.4, 0.5) is 0 Å². The molecule has 0 aliphatic heterocycles. The van der Waals surface area contributed by atoms with E-state index in [0.29, 0.717) is 12.5 Å². The van der Waals surface area contributed by atoms with Crippen molar-refractivity contribution in [3.05, 3.63) is 24.3 Å². The topological polar surface area (TPSA) is 69.0 Å². The first kappa shape index (κ1) is 19.3. The molecule has 1 unspecified atom stereocenters. The summed E-state index contributed by atoms with van der Waals surface area (Å²) in [5, 5.41) is 12.0. The fraction of sp³-hybridized carbons (Fsp3) is 0.500. The van der Waals surface area contributed by atoms with Gasteiger partial charge in [-0.3, -0.25) is 4.79 Å². The highest BCUT2D eigenvalue weighted by Gasteiger charge is 2.19. The molecule has 2 rings (SSSR count). The normalized spacial score (nSPS) is 12.2. The molecule has 0 spiro atoms. The van der Waals surface area contributed by atoms with Crippen molar-refractivity contribution in [2.24, 2.45) is 13.0 Å². The first-order valence-corrected chi connectivity index (χ1v) is 9.28. The first-order chi connectivity index (χ1) is 11.9. The Hall–Kier alpha value is -2.02. The van der Waals surface area contributed by atoms with Crippen molar-refractivity contribution in [2.45, 2.75) is 37.6 Å². The van der Waals surface area contributed by atoms with E-state index in [4.69, 9.17) is 4.74 Å². The van der Waals surface area contributed by atoms with Gasteiger partial charge >= 0.3 is 0 Å². The van der Waals surface area contributed by atoms with E-state index in [1.54, 1.807) is 7.11 Å². The zero-order valence-electron chi connectivity index (χ0n) is 15.4. The molecule has 0 aliphatic carbocycles. The Morgan fingerprint density at radius 1 is 1.24 bits per heavy atom. The Morgan fingerprint density at radius 2 is 1.92 bits per heavy atom. The SMILES string of the molecule is COc1ccc(-c2nnc(SC(C)C(=O)NCCC(C)C)n2C)cc1. The standard InChI is InChI=1S/C18H26N4O2S/c1-12(2)10-11-19-17(23)13(3)25-18-21-20-16(22(18)4)14-6-8-15(24-5)9-7-14/h6-9,12-13H,10-11H2,1-5H3,(H,19,23). The van der Waals surface area contributed by atoms with Crippen LogP contribution in [0.2, 0.25) is 0 Å². The van der Waals surface area contributed by atoms with Gasteiger partial charge in [-0.2, -0.15) is 0 Å². The van der Waals surface area contributed by atoms with Gasteiger partial charge in [-0.1, -0.05) is 25.6 Å². The number of ether oxygens (including phenoxy) is 1. The molecule has 1 aromatic carbocycles. The molecule has 1 atom stereocenters. The Morgan fingerprint density at radius 3 is 2.52 bits per heavy atom. The number of hydrogen-bond donors (Lipinski definition) is 1. The number of carbonyl (C=O) groups excluding carboxylic acids is 1. The lowest BCUT2D eigenvalue weighted by Gasteiger charge is -2.12. The zero-order chi connectivity index (χ0) is 18.4. The molecule has 1 amide bonds. The summed E-state index contributed by atoms with van der Waals surface area (Å²) in [4.78, 5) is 12.2. The van der Waals surface area contributed by atoms with Crippen LogP contribution in [-0.4, -0.2) is 39.6 Å². The molecule has 0 fully saturated rings. The van der Waals surface area contributed by atoms with Crippen molar-refractivity contribution in [3.8, 4) is 17.1 Å². The van der Waals surface area contributed by atoms with Crippen LogP contribution in [-0.2, 0) is 11.8 Å². The largest absolute Gasteiger partial charge is 0.497 e. The average molecular weight is 362 g/mol. The highest BCUT2D eigenvalue weighted by Crippen LogP contribution is 2.26. The Bertz CT molecular complexity index is 698. The lowest BCUT2D eigenvalue weighted by atomic mass is 10.1. The molecule has 1 aromatic heterocycles. The maximum Gasteiger partial charge on any atom is 0.233 e. The third-order valence-electron chi connectivity index (χ3n) is 3.86. The predicted octanol–water partition coefficient (Wildman–Crippen LogP) is 3.13. The number of carbonyl (C=O) groups is 1. The van der Waals surface area contributed by atoms with Crippen molar-refractivity contribution in [2.75, 3.05) is 13.7 Å². The molecule has 0 aliphatic rings. The van der Waals surface area contributed by atoms with E-state index in [1.807, 2.05) is 42.8 Å². The van der Waals surface area contributed by atoms with Gasteiger partial charge in [0, 0.05) is 19.2 Å². The number of rotatable bonds is 8. The fourth-order valence-electron chi connectivity index (χ4n) is 2.25. The van der Waals surface area contributed by atoms with Gasteiger partial charge in [0.25, 0.3) is 0 Å². The number of benzene rings is 1. The molecule has 6 nitrogen and oxygen atoms in total. The van der Waals surface area contributed by atoms with E-state index in [9.17, 15) is 4.79 Å². The summed E-state index contributed by atoms with van der Waals surface area (Å²) in [6.45, 7) is 6.88. The smallest absolute Gasteiger partial charge is 0.233 e. The van der Waals surface area contributed by atoms with Crippen LogP contribution in [0.5, 0.6) is 5.75 Å². The van der Waals surface area contributed by atoms with E-state index in [1.165, 1.54) is 11.8 Å². The summed E-state index contributed by atoms with van der Waals surface area (Å²) in [6, 6.07) is 7.67. The molecule has 2 aromatic rings. The second-order valence-corrected chi connectivity index (χ2v) is 7.64. The summed E-state index contributed by atoms with van der Waals surface area (Å²) in [6.07, 6.45) is 0.981. The summed E-state index contributed by atoms with van der Waals surface area (Å²) in [5.41, 5.74) is 0.955. The summed E-state index contributed by atoms with van der Waals surface area (Å²) >= 11 is 1.41. The number of aromatic nitrogens is 3. The van der Waals surface area contributed by atoms with E-state index < -0.39 is 0 Å². The van der Waals surface area contributed by atoms with Crippen LogP contribution in [0.3, 0.4) is 0 Å². The highest BCUT2D eigenvalue weighted by molar-refractivity contribution is 8.00. The van der Waals surface area contributed by atoms with Gasteiger partial charge in [-0.05, 0) is 43.5 Å². The van der Waals surface area contributed by atoms with Crippen molar-refractivity contribution >= 4 is 17.7 Å². The third kappa shape index (κ3) is 5.22. The fourth-order valence-corrected chi connectivity index (χ4v) is 3.09. The molecular weight excluding hydrogens is 336 g/mol. The van der Waals surface area contributed by atoms with Gasteiger partial charge in [0.05, 0.1) is 12.4 Å². The minimum Gasteiger partial charge on any atom is -0.497 e. The quantitative estimate of drug-likeness (QED) is 0.731. The van der Waals surface area contributed by atoms with Crippen LogP contribution in [0.25, 0.3) is 11.4 Å². The molecule has 0 bridgehead atoms. The average Bonchev–Trinajstić information content (AvgIpc) is 2.95. The molecular formula is C18H26N4O2S. The van der Waals surface area contributed by atoms with E-state index >= 15 is 0 Å². The first-order valence-electron chi connectivity index (χ1n) is 8.40. The van der Waals surface area contributed by atoms with Gasteiger partial charge in [0.2, 0.25) is 5.91 Å². The van der Waals surface area contributed by atoms with Gasteiger partial charge in [-0.25, -0.2) is 0 Å². The van der Waals surface area contributed by atoms with Gasteiger partial charge in [0.1, 0.15) is 5.75 Å². The maximum absolute atomic E-state index is 12.2. The number of amides is 1. The summed E-state index contributed by atoms with van der Waals surface area (Å²) in [5.74, 6) is 2.17. The molecule has 0 saturated heterocycles. The molecule has 1 heterocycles. The van der Waals surface area contributed by atoms with Gasteiger partial charge in [-0.15, -0.1) is 10.2 Å². The Kier molecular flexibility index (Phi) is 6.87. The van der Waals surface area contributed by atoms with Crippen LogP contribution in [0, 0.1) is 5.92 Å². The number of nitrogens with zero attached hydrogens (tertiary/aromatic N) is 3. The monoisotopic (exact) mass is 362 g/mol. The minimum atomic E-state index is -0.223. The van der Waals surface area contributed by atoms with Gasteiger partial charge < -0.3 is 14.6 Å². The Balaban J connectivity index is 2.01. The van der Waals surface area contributed by atoms with Gasteiger partial charge in [0.15, 0.2) is 11.0 Å². The third-order valence-corrected chi connectivity index (χ3v) is 4.99. The molecule has 7 heteroatoms. The molecule has 0 radical (unpaired) electrons. The van der Waals surface area contributed by atoms with E-state index in [0.717, 1.165) is 28.7 Å². The van der Waals surface area contributed by atoms with Crippen molar-refractivity contribution in [3.63, 3.8) is 0 Å². The van der Waals surface area contributed by atoms with Crippen LogP contribution in [0.15, 0.2) is 29.4 Å². The molecule has 25 heavy (non-hydrogen) atoms.